The van der Waals surface area contributed by atoms with Crippen molar-refractivity contribution in [2.45, 2.75) is 13.8 Å². The summed E-state index contributed by atoms with van der Waals surface area (Å²) in [6.45, 7) is 4.16. The zero-order valence-electron chi connectivity index (χ0n) is 22.8. The fourth-order valence-corrected chi connectivity index (χ4v) is 5.67. The lowest BCUT2D eigenvalue weighted by Gasteiger charge is -2.26. The average Bonchev–Trinajstić information content (AvgIpc) is 3.60. The molecule has 0 aliphatic heterocycles. The van der Waals surface area contributed by atoms with Gasteiger partial charge in [-0.05, 0) is 50.2 Å². The summed E-state index contributed by atoms with van der Waals surface area (Å²) >= 11 is 1.04. The van der Waals surface area contributed by atoms with Gasteiger partial charge >= 0.3 is 0 Å². The molecule has 0 atom stereocenters. The first-order valence-corrected chi connectivity index (χ1v) is 14.1. The average molecular weight is 566 g/mol. The summed E-state index contributed by atoms with van der Waals surface area (Å²) in [7, 11) is 0. The fourth-order valence-electron chi connectivity index (χ4n) is 5.12. The van der Waals surface area contributed by atoms with Crippen LogP contribution in [0.15, 0.2) is 118 Å². The van der Waals surface area contributed by atoms with E-state index in [1.54, 1.807) is 30.5 Å². The van der Waals surface area contributed by atoms with Gasteiger partial charge in [0.15, 0.2) is 5.36 Å². The molecule has 2 aromatic heterocycles. The second-order valence-corrected chi connectivity index (χ2v) is 10.7. The molecule has 0 bridgehead atoms. The molecule has 0 fully saturated rings. The van der Waals surface area contributed by atoms with Crippen molar-refractivity contribution in [2.75, 3.05) is 4.90 Å². The molecule has 0 saturated carbocycles. The Hall–Kier alpha value is -5.34. The summed E-state index contributed by atoms with van der Waals surface area (Å²) in [4.78, 5) is 37.1. The summed E-state index contributed by atoms with van der Waals surface area (Å²) in [6.07, 6.45) is 1.55. The molecule has 5 aromatic carbocycles. The van der Waals surface area contributed by atoms with Gasteiger partial charge in [0.2, 0.25) is 10.9 Å². The molecule has 202 valence electrons. The largest absolute Gasteiger partial charge is 0.311 e. The third-order valence-corrected chi connectivity index (χ3v) is 7.86. The third kappa shape index (κ3) is 4.38. The van der Waals surface area contributed by atoms with Gasteiger partial charge in [-0.15, -0.1) is 0 Å². The number of pyridine rings is 1. The van der Waals surface area contributed by atoms with Crippen LogP contribution in [0.3, 0.4) is 0 Å². The lowest BCUT2D eigenvalue weighted by Crippen LogP contribution is -2.31. The molecule has 0 spiro atoms. The lowest BCUT2D eigenvalue weighted by molar-refractivity contribution is 1.26. The van der Waals surface area contributed by atoms with Gasteiger partial charge in [0.25, 0.3) is 0 Å². The van der Waals surface area contributed by atoms with Crippen LogP contribution in [0.1, 0.15) is 11.1 Å². The van der Waals surface area contributed by atoms with Crippen LogP contribution in [-0.2, 0) is 0 Å². The number of fused-ring (bicyclic) bond motifs is 2. The second kappa shape index (κ2) is 10.2. The Kier molecular flexibility index (Phi) is 6.25. The van der Waals surface area contributed by atoms with Gasteiger partial charge < -0.3 is 4.90 Å². The van der Waals surface area contributed by atoms with Crippen molar-refractivity contribution in [3.05, 3.63) is 140 Å². The SMILES string of the molecule is Cc1ccc(N(c2ccc(C)cc2)c2ccc(-c3ncc(N=c4c(=O)c5ccccc5c4=O)c4nsnc34)cc2)cc1. The quantitative estimate of drug-likeness (QED) is 0.228. The molecule has 0 saturated heterocycles. The predicted octanol–water partition coefficient (Wildman–Crippen LogP) is 6.82. The van der Waals surface area contributed by atoms with E-state index < -0.39 is 10.9 Å². The van der Waals surface area contributed by atoms with Gasteiger partial charge in [-0.1, -0.05) is 71.8 Å². The topological polar surface area (TPSA) is 88.4 Å². The van der Waals surface area contributed by atoms with E-state index in [1.165, 1.54) is 11.1 Å². The summed E-state index contributed by atoms with van der Waals surface area (Å²) in [5.41, 5.74) is 7.66. The van der Waals surface area contributed by atoms with E-state index in [-0.39, 0.29) is 5.36 Å². The first-order chi connectivity index (χ1) is 20.5. The molecule has 7 rings (SSSR count). The van der Waals surface area contributed by atoms with Crippen molar-refractivity contribution in [3.8, 4) is 11.3 Å². The van der Waals surface area contributed by atoms with Crippen LogP contribution in [0.2, 0.25) is 0 Å². The molecule has 0 aliphatic carbocycles. The number of hydrogen-bond acceptors (Lipinski definition) is 8. The van der Waals surface area contributed by atoms with Crippen molar-refractivity contribution in [3.63, 3.8) is 0 Å². The van der Waals surface area contributed by atoms with Crippen molar-refractivity contribution in [1.82, 2.24) is 13.7 Å². The number of hydrogen-bond donors (Lipinski definition) is 0. The fraction of sp³-hybridized carbons (Fsp3) is 0.0588. The summed E-state index contributed by atoms with van der Waals surface area (Å²) in [5.74, 6) is 0. The first-order valence-electron chi connectivity index (χ1n) is 13.4. The Morgan fingerprint density at radius 1 is 0.643 bits per heavy atom. The van der Waals surface area contributed by atoms with E-state index in [1.807, 2.05) is 12.1 Å². The van der Waals surface area contributed by atoms with E-state index >= 15 is 0 Å². The molecule has 0 N–H and O–H groups in total. The Balaban J connectivity index is 1.30. The zero-order valence-corrected chi connectivity index (χ0v) is 23.6. The van der Waals surface area contributed by atoms with Gasteiger partial charge in [0.1, 0.15) is 16.7 Å². The van der Waals surface area contributed by atoms with Gasteiger partial charge in [-0.2, -0.15) is 8.75 Å². The molecule has 0 radical (unpaired) electrons. The van der Waals surface area contributed by atoms with Crippen molar-refractivity contribution in [1.29, 1.82) is 0 Å². The highest BCUT2D eigenvalue weighted by molar-refractivity contribution is 7.00. The standard InChI is InChI=1S/C34H23N5O2S/c1-20-7-13-23(14-8-20)39(24-15-9-21(2)10-16-24)25-17-11-22(12-18-25)29-31-30(37-42-38-31)28(19-35-29)36-32-33(40)26-5-3-4-6-27(26)34(32)41/h3-19H,1-2H3. The lowest BCUT2D eigenvalue weighted by atomic mass is 10.1. The molecular formula is C34H23N5O2S. The van der Waals surface area contributed by atoms with Gasteiger partial charge in [0.05, 0.1) is 23.6 Å². The highest BCUT2D eigenvalue weighted by atomic mass is 32.1. The molecule has 0 unspecified atom stereocenters. The molecule has 7 nitrogen and oxygen atoms in total. The van der Waals surface area contributed by atoms with Gasteiger partial charge in [0, 0.05) is 33.4 Å². The van der Waals surface area contributed by atoms with Crippen LogP contribution in [0.5, 0.6) is 0 Å². The number of aryl methyl sites for hydroxylation is 2. The van der Waals surface area contributed by atoms with Gasteiger partial charge in [-0.25, -0.2) is 4.99 Å². The molecular weight excluding hydrogens is 542 g/mol. The summed E-state index contributed by atoms with van der Waals surface area (Å²) in [5, 5.41) is 0.601. The number of anilines is 3. The number of aromatic nitrogens is 3. The van der Waals surface area contributed by atoms with E-state index in [0.717, 1.165) is 34.4 Å². The van der Waals surface area contributed by atoms with Crippen molar-refractivity contribution in [2.24, 2.45) is 4.99 Å². The Labute approximate surface area is 244 Å². The number of rotatable bonds is 5. The van der Waals surface area contributed by atoms with Crippen LogP contribution >= 0.6 is 11.7 Å². The zero-order chi connectivity index (χ0) is 28.8. The van der Waals surface area contributed by atoms with Crippen LogP contribution in [0.4, 0.5) is 22.7 Å². The predicted molar refractivity (Wildman–Crippen MR) is 169 cm³/mol. The van der Waals surface area contributed by atoms with E-state index in [2.05, 4.69) is 98.1 Å². The maximum absolute atomic E-state index is 12.9. The minimum Gasteiger partial charge on any atom is -0.311 e. The minimum atomic E-state index is -0.390. The number of nitrogens with zero attached hydrogens (tertiary/aromatic N) is 5. The third-order valence-electron chi connectivity index (χ3n) is 7.33. The van der Waals surface area contributed by atoms with E-state index in [4.69, 9.17) is 0 Å². The van der Waals surface area contributed by atoms with Gasteiger partial charge in [-0.3, -0.25) is 14.6 Å². The van der Waals surface area contributed by atoms with Crippen LogP contribution in [0, 0.1) is 13.8 Å². The normalized spacial score (nSPS) is 11.3. The van der Waals surface area contributed by atoms with Crippen LogP contribution in [0.25, 0.3) is 33.1 Å². The van der Waals surface area contributed by atoms with E-state index in [0.29, 0.717) is 33.2 Å². The minimum absolute atomic E-state index is 0.128. The molecule has 2 heterocycles. The summed E-state index contributed by atoms with van der Waals surface area (Å²) < 4.78 is 8.93. The second-order valence-electron chi connectivity index (χ2n) is 10.2. The maximum atomic E-state index is 12.9. The van der Waals surface area contributed by atoms with Crippen molar-refractivity contribution < 1.29 is 0 Å². The highest BCUT2D eigenvalue weighted by Crippen LogP contribution is 2.37. The smallest absolute Gasteiger partial charge is 0.216 e. The van der Waals surface area contributed by atoms with Crippen molar-refractivity contribution >= 4 is 56.3 Å². The number of benzene rings is 4. The molecule has 0 aliphatic rings. The summed E-state index contributed by atoms with van der Waals surface area (Å²) in [6, 6.07) is 31.8. The Bertz CT molecular complexity index is 2150. The first kappa shape index (κ1) is 25.6. The highest BCUT2D eigenvalue weighted by Gasteiger charge is 2.17. The Morgan fingerprint density at radius 2 is 1.14 bits per heavy atom. The van der Waals surface area contributed by atoms with Crippen LogP contribution in [-0.4, -0.2) is 13.7 Å². The maximum Gasteiger partial charge on any atom is 0.216 e. The Morgan fingerprint density at radius 3 is 1.69 bits per heavy atom. The molecule has 42 heavy (non-hydrogen) atoms. The molecule has 7 aromatic rings. The monoisotopic (exact) mass is 565 g/mol. The van der Waals surface area contributed by atoms with Crippen LogP contribution < -0.4 is 21.1 Å². The van der Waals surface area contributed by atoms with E-state index in [9.17, 15) is 9.59 Å². The molecule has 8 heteroatoms. The molecule has 0 amide bonds.